The lowest BCUT2D eigenvalue weighted by molar-refractivity contribution is 0.596. The minimum Gasteiger partial charge on any atom is -0.361 e. The van der Waals surface area contributed by atoms with Crippen LogP contribution in [0.1, 0.15) is 55.6 Å². The Balaban J connectivity index is 2.02. The highest BCUT2D eigenvalue weighted by molar-refractivity contribution is 5.86. The fourth-order valence-corrected chi connectivity index (χ4v) is 3.26. The molecular formula is C16H21N. The van der Waals surface area contributed by atoms with E-state index in [4.69, 9.17) is 0 Å². The van der Waals surface area contributed by atoms with E-state index in [0.29, 0.717) is 0 Å². The van der Waals surface area contributed by atoms with E-state index in [9.17, 15) is 0 Å². The lowest BCUT2D eigenvalue weighted by Crippen LogP contribution is -1.95. The fraction of sp³-hybridized carbons (Fsp3) is 0.500. The lowest BCUT2D eigenvalue weighted by Gasteiger charge is -2.13. The number of rotatable bonds is 1. The van der Waals surface area contributed by atoms with Crippen molar-refractivity contribution < 1.29 is 0 Å². The average Bonchev–Trinajstić information content (AvgIpc) is 2.59. The van der Waals surface area contributed by atoms with Crippen molar-refractivity contribution in [3.63, 3.8) is 0 Å². The van der Waals surface area contributed by atoms with Gasteiger partial charge in [0.25, 0.3) is 0 Å². The fourth-order valence-electron chi connectivity index (χ4n) is 3.26. The number of para-hydroxylation sites is 1. The van der Waals surface area contributed by atoms with Gasteiger partial charge in [-0.25, -0.2) is 0 Å². The first-order chi connectivity index (χ1) is 8.36. The van der Waals surface area contributed by atoms with Crippen molar-refractivity contribution in [2.75, 3.05) is 0 Å². The van der Waals surface area contributed by atoms with Crippen LogP contribution in [0.25, 0.3) is 10.9 Å². The molecule has 1 fully saturated rings. The molecule has 17 heavy (non-hydrogen) atoms. The molecule has 0 unspecified atom stereocenters. The van der Waals surface area contributed by atoms with E-state index in [2.05, 4.69) is 36.3 Å². The highest BCUT2D eigenvalue weighted by Gasteiger charge is 2.17. The quantitative estimate of drug-likeness (QED) is 0.666. The Kier molecular flexibility index (Phi) is 2.92. The second kappa shape index (κ2) is 4.56. The normalized spacial score (nSPS) is 18.4. The summed E-state index contributed by atoms with van der Waals surface area (Å²) in [5.74, 6) is 0.785. The Bertz CT molecular complexity index is 501. The number of fused-ring (bicyclic) bond motifs is 1. The Morgan fingerprint density at radius 2 is 1.82 bits per heavy atom. The summed E-state index contributed by atoms with van der Waals surface area (Å²) in [6.07, 6.45) is 10.7. The van der Waals surface area contributed by atoms with E-state index in [1.807, 2.05) is 0 Å². The van der Waals surface area contributed by atoms with Gasteiger partial charge < -0.3 is 4.98 Å². The first-order valence-electron chi connectivity index (χ1n) is 6.93. The first kappa shape index (κ1) is 10.9. The molecule has 0 aliphatic heterocycles. The van der Waals surface area contributed by atoms with E-state index in [0.717, 1.165) is 5.92 Å². The van der Waals surface area contributed by atoms with Gasteiger partial charge in [-0.1, -0.05) is 43.9 Å². The Labute approximate surface area is 103 Å². The Morgan fingerprint density at radius 3 is 2.59 bits per heavy atom. The van der Waals surface area contributed by atoms with Crippen LogP contribution in [0, 0.1) is 6.92 Å². The lowest BCUT2D eigenvalue weighted by atomic mass is 9.91. The smallest absolute Gasteiger partial charge is 0.0486 e. The number of H-pyrrole nitrogens is 1. The summed E-state index contributed by atoms with van der Waals surface area (Å²) in [7, 11) is 0. The molecule has 0 saturated heterocycles. The Morgan fingerprint density at radius 1 is 1.06 bits per heavy atom. The molecule has 0 radical (unpaired) electrons. The molecule has 1 heterocycles. The molecule has 1 aromatic heterocycles. The second-order valence-electron chi connectivity index (χ2n) is 5.43. The third-order valence-corrected chi connectivity index (χ3v) is 4.25. The van der Waals surface area contributed by atoms with Gasteiger partial charge in [-0.15, -0.1) is 0 Å². The molecule has 1 saturated carbocycles. The van der Waals surface area contributed by atoms with E-state index in [-0.39, 0.29) is 0 Å². The van der Waals surface area contributed by atoms with Crippen LogP contribution in [0.3, 0.4) is 0 Å². The van der Waals surface area contributed by atoms with Crippen LogP contribution in [-0.4, -0.2) is 4.98 Å². The maximum atomic E-state index is 3.47. The minimum atomic E-state index is 0.785. The van der Waals surface area contributed by atoms with Crippen LogP contribution in [0.2, 0.25) is 0 Å². The molecule has 2 aromatic rings. The molecule has 1 heteroatoms. The summed E-state index contributed by atoms with van der Waals surface area (Å²) in [6, 6.07) is 6.65. The summed E-state index contributed by atoms with van der Waals surface area (Å²) in [4.78, 5) is 3.47. The summed E-state index contributed by atoms with van der Waals surface area (Å²) in [5.41, 5.74) is 4.26. The molecule has 1 aliphatic rings. The average molecular weight is 227 g/mol. The zero-order valence-electron chi connectivity index (χ0n) is 10.6. The van der Waals surface area contributed by atoms with Crippen molar-refractivity contribution >= 4 is 10.9 Å². The van der Waals surface area contributed by atoms with Gasteiger partial charge in [0.15, 0.2) is 0 Å². The summed E-state index contributed by atoms with van der Waals surface area (Å²) in [6.45, 7) is 2.19. The first-order valence-corrected chi connectivity index (χ1v) is 6.93. The topological polar surface area (TPSA) is 15.8 Å². The van der Waals surface area contributed by atoms with Crippen LogP contribution in [0.5, 0.6) is 0 Å². The summed E-state index contributed by atoms with van der Waals surface area (Å²) < 4.78 is 0. The molecule has 1 nitrogen and oxygen atoms in total. The zero-order chi connectivity index (χ0) is 11.7. The van der Waals surface area contributed by atoms with E-state index < -0.39 is 0 Å². The predicted molar refractivity (Wildman–Crippen MR) is 73.5 cm³/mol. The second-order valence-corrected chi connectivity index (χ2v) is 5.43. The number of benzene rings is 1. The molecule has 0 spiro atoms. The number of hydrogen-bond acceptors (Lipinski definition) is 0. The molecule has 1 aliphatic carbocycles. The van der Waals surface area contributed by atoms with Crippen LogP contribution in [0.4, 0.5) is 0 Å². The largest absolute Gasteiger partial charge is 0.361 e. The molecule has 1 N–H and O–H groups in total. The highest BCUT2D eigenvalue weighted by Crippen LogP contribution is 2.36. The molecular weight excluding hydrogens is 206 g/mol. The van der Waals surface area contributed by atoms with Crippen molar-refractivity contribution in [2.24, 2.45) is 0 Å². The van der Waals surface area contributed by atoms with E-state index >= 15 is 0 Å². The van der Waals surface area contributed by atoms with Gasteiger partial charge in [0, 0.05) is 17.1 Å². The summed E-state index contributed by atoms with van der Waals surface area (Å²) >= 11 is 0. The number of hydrogen-bond donors (Lipinski definition) is 1. The van der Waals surface area contributed by atoms with E-state index in [1.165, 1.54) is 55.0 Å². The van der Waals surface area contributed by atoms with E-state index in [1.54, 1.807) is 5.56 Å². The monoisotopic (exact) mass is 227 g/mol. The third-order valence-electron chi connectivity index (χ3n) is 4.25. The van der Waals surface area contributed by atoms with Gasteiger partial charge in [0.2, 0.25) is 0 Å². The predicted octanol–water partition coefficient (Wildman–Crippen LogP) is 4.91. The highest BCUT2D eigenvalue weighted by atomic mass is 14.7. The van der Waals surface area contributed by atoms with Crippen LogP contribution in [-0.2, 0) is 0 Å². The molecule has 0 amide bonds. The van der Waals surface area contributed by atoms with Crippen LogP contribution in [0.15, 0.2) is 24.4 Å². The van der Waals surface area contributed by atoms with Crippen LogP contribution < -0.4 is 0 Å². The number of nitrogens with one attached hydrogen (secondary N) is 1. The summed E-state index contributed by atoms with van der Waals surface area (Å²) in [5, 5.41) is 1.46. The van der Waals surface area contributed by atoms with Crippen molar-refractivity contribution in [1.82, 2.24) is 4.98 Å². The maximum absolute atomic E-state index is 3.47. The van der Waals surface area contributed by atoms with Crippen molar-refractivity contribution in [2.45, 2.75) is 51.4 Å². The minimum absolute atomic E-state index is 0.785. The van der Waals surface area contributed by atoms with Gasteiger partial charge in [-0.3, -0.25) is 0 Å². The number of aryl methyl sites for hydroxylation is 1. The number of aromatic amines is 1. The number of aromatic nitrogens is 1. The van der Waals surface area contributed by atoms with Gasteiger partial charge in [-0.05, 0) is 36.8 Å². The molecule has 0 bridgehead atoms. The SMILES string of the molecule is Cc1cccc2c(C3CCCCCC3)c[nH]c12. The van der Waals surface area contributed by atoms with Gasteiger partial charge >= 0.3 is 0 Å². The van der Waals surface area contributed by atoms with Crippen molar-refractivity contribution in [3.8, 4) is 0 Å². The van der Waals surface area contributed by atoms with Gasteiger partial charge in [0.05, 0.1) is 0 Å². The van der Waals surface area contributed by atoms with Crippen molar-refractivity contribution in [1.29, 1.82) is 0 Å². The molecule has 90 valence electrons. The Hall–Kier alpha value is -1.24. The molecule has 3 rings (SSSR count). The van der Waals surface area contributed by atoms with Crippen molar-refractivity contribution in [3.05, 3.63) is 35.5 Å². The van der Waals surface area contributed by atoms with Crippen LogP contribution >= 0.6 is 0 Å². The standard InChI is InChI=1S/C16H21N/c1-12-7-6-10-14-15(11-17-16(12)14)13-8-4-2-3-5-9-13/h6-7,10-11,13,17H,2-5,8-9H2,1H3. The molecule has 0 atom stereocenters. The maximum Gasteiger partial charge on any atom is 0.0486 e. The third kappa shape index (κ3) is 1.99. The van der Waals surface area contributed by atoms with Gasteiger partial charge in [-0.2, -0.15) is 0 Å². The molecule has 1 aromatic carbocycles. The zero-order valence-corrected chi connectivity index (χ0v) is 10.6. The van der Waals surface area contributed by atoms with Gasteiger partial charge in [0.1, 0.15) is 0 Å².